The molecule has 0 spiro atoms. The standard InChI is InChI=1S/C5H8N2.C5H7N.CH4/c1-7-4-2-3-5(7)6;1-6-4-2-3-5-6;/h2-4H,6H2,1H3;2-5H,1H3;1H4. The number of hydrogen-bond acceptors (Lipinski definition) is 1. The lowest BCUT2D eigenvalue weighted by Crippen LogP contribution is -1.92. The van der Waals surface area contributed by atoms with E-state index in [1.807, 2.05) is 66.1 Å². The first-order chi connectivity index (χ1) is 6.20. The molecule has 0 unspecified atom stereocenters. The van der Waals surface area contributed by atoms with E-state index in [0.29, 0.717) is 0 Å². The van der Waals surface area contributed by atoms with Crippen molar-refractivity contribution in [2.45, 2.75) is 7.43 Å². The molecule has 0 atom stereocenters. The molecular weight excluding hydrogens is 174 g/mol. The van der Waals surface area contributed by atoms with Gasteiger partial charge in [0.25, 0.3) is 0 Å². The largest absolute Gasteiger partial charge is 0.385 e. The molecule has 2 rings (SSSR count). The summed E-state index contributed by atoms with van der Waals surface area (Å²) in [5.74, 6) is 0.806. The molecule has 0 saturated carbocycles. The minimum Gasteiger partial charge on any atom is -0.385 e. The molecule has 0 saturated heterocycles. The average molecular weight is 193 g/mol. The molecule has 0 radical (unpaired) electrons. The second-order valence-electron chi connectivity index (χ2n) is 2.89. The van der Waals surface area contributed by atoms with Crippen LogP contribution in [0.5, 0.6) is 0 Å². The van der Waals surface area contributed by atoms with Crippen molar-refractivity contribution in [1.29, 1.82) is 0 Å². The van der Waals surface area contributed by atoms with Gasteiger partial charge in [-0.15, -0.1) is 0 Å². The van der Waals surface area contributed by atoms with Crippen molar-refractivity contribution in [2.75, 3.05) is 5.73 Å². The summed E-state index contributed by atoms with van der Waals surface area (Å²) in [5.41, 5.74) is 5.40. The summed E-state index contributed by atoms with van der Waals surface area (Å²) < 4.78 is 3.86. The zero-order valence-electron chi connectivity index (χ0n) is 8.01. The lowest BCUT2D eigenvalue weighted by molar-refractivity contribution is 0.928. The number of nitrogen functional groups attached to an aromatic ring is 1. The van der Waals surface area contributed by atoms with Gasteiger partial charge >= 0.3 is 0 Å². The van der Waals surface area contributed by atoms with Gasteiger partial charge in [-0.25, -0.2) is 0 Å². The van der Waals surface area contributed by atoms with Crippen molar-refractivity contribution in [1.82, 2.24) is 9.13 Å². The van der Waals surface area contributed by atoms with Crippen LogP contribution in [-0.2, 0) is 14.1 Å². The van der Waals surface area contributed by atoms with Gasteiger partial charge < -0.3 is 14.9 Å². The predicted octanol–water partition coefficient (Wildman–Crippen LogP) is 2.27. The Kier molecular flexibility index (Phi) is 5.22. The van der Waals surface area contributed by atoms with Crippen molar-refractivity contribution in [3.63, 3.8) is 0 Å². The van der Waals surface area contributed by atoms with Gasteiger partial charge in [0, 0.05) is 32.7 Å². The molecule has 2 heterocycles. The van der Waals surface area contributed by atoms with Crippen molar-refractivity contribution >= 4 is 5.82 Å². The van der Waals surface area contributed by atoms with E-state index in [4.69, 9.17) is 5.73 Å². The van der Waals surface area contributed by atoms with Crippen molar-refractivity contribution in [3.05, 3.63) is 42.9 Å². The molecule has 0 aliphatic rings. The Morgan fingerprint density at radius 1 is 1.00 bits per heavy atom. The number of nitrogens with two attached hydrogens (primary N) is 1. The molecule has 2 aromatic rings. The van der Waals surface area contributed by atoms with E-state index in [9.17, 15) is 0 Å². The molecule has 0 aliphatic carbocycles. The van der Waals surface area contributed by atoms with Gasteiger partial charge in [-0.1, -0.05) is 7.43 Å². The zero-order chi connectivity index (χ0) is 9.68. The monoisotopic (exact) mass is 193 g/mol. The van der Waals surface area contributed by atoms with Crippen LogP contribution >= 0.6 is 0 Å². The Balaban J connectivity index is 0.000000227. The molecule has 0 amide bonds. The highest BCUT2D eigenvalue weighted by Gasteiger charge is 1.82. The molecule has 2 N–H and O–H groups in total. The van der Waals surface area contributed by atoms with E-state index in [1.165, 1.54) is 0 Å². The highest BCUT2D eigenvalue weighted by Crippen LogP contribution is 1.97. The Bertz CT molecular complexity index is 317. The Morgan fingerprint density at radius 2 is 1.57 bits per heavy atom. The van der Waals surface area contributed by atoms with Crippen molar-refractivity contribution in [2.24, 2.45) is 14.1 Å². The number of nitrogens with zero attached hydrogens (tertiary/aromatic N) is 2. The highest BCUT2D eigenvalue weighted by molar-refractivity contribution is 5.28. The molecule has 2 aromatic heterocycles. The van der Waals surface area contributed by atoms with E-state index >= 15 is 0 Å². The third-order valence-corrected chi connectivity index (χ3v) is 1.74. The number of anilines is 1. The van der Waals surface area contributed by atoms with Crippen LogP contribution in [0.4, 0.5) is 5.82 Å². The highest BCUT2D eigenvalue weighted by atomic mass is 15.0. The smallest absolute Gasteiger partial charge is 0.102 e. The average Bonchev–Trinajstić information content (AvgIpc) is 2.67. The maximum Gasteiger partial charge on any atom is 0.102 e. The number of aryl methyl sites for hydroxylation is 2. The summed E-state index contributed by atoms with van der Waals surface area (Å²) in [5, 5.41) is 0. The fraction of sp³-hybridized carbons (Fsp3) is 0.273. The van der Waals surface area contributed by atoms with E-state index in [-0.39, 0.29) is 7.43 Å². The second kappa shape index (κ2) is 5.91. The number of aromatic nitrogens is 2. The SMILES string of the molecule is C.Cn1cccc1.Cn1cccc1N. The van der Waals surface area contributed by atoms with E-state index in [2.05, 4.69) is 0 Å². The van der Waals surface area contributed by atoms with Crippen LogP contribution in [0.25, 0.3) is 0 Å². The Labute approximate surface area is 85.8 Å². The lowest BCUT2D eigenvalue weighted by atomic mass is 10.6. The molecule has 0 aliphatic heterocycles. The molecular formula is C11H19N3. The summed E-state index contributed by atoms with van der Waals surface area (Å²) in [7, 11) is 3.91. The van der Waals surface area contributed by atoms with Gasteiger partial charge in [0.15, 0.2) is 0 Å². The first-order valence-electron chi connectivity index (χ1n) is 4.14. The molecule has 0 aromatic carbocycles. The molecule has 14 heavy (non-hydrogen) atoms. The first kappa shape index (κ1) is 12.4. The van der Waals surface area contributed by atoms with Crippen LogP contribution in [0, 0.1) is 0 Å². The summed E-state index contributed by atoms with van der Waals surface area (Å²) in [4.78, 5) is 0. The fourth-order valence-corrected chi connectivity index (χ4v) is 0.895. The minimum absolute atomic E-state index is 0. The molecule has 3 heteroatoms. The second-order valence-corrected chi connectivity index (χ2v) is 2.89. The summed E-state index contributed by atoms with van der Waals surface area (Å²) >= 11 is 0. The minimum atomic E-state index is 0. The lowest BCUT2D eigenvalue weighted by Gasteiger charge is -1.89. The van der Waals surface area contributed by atoms with Gasteiger partial charge in [-0.05, 0) is 24.3 Å². The fourth-order valence-electron chi connectivity index (χ4n) is 0.895. The van der Waals surface area contributed by atoms with Crippen LogP contribution in [-0.4, -0.2) is 9.13 Å². The van der Waals surface area contributed by atoms with Crippen LogP contribution in [0.1, 0.15) is 7.43 Å². The van der Waals surface area contributed by atoms with Gasteiger partial charge in [-0.2, -0.15) is 0 Å². The van der Waals surface area contributed by atoms with E-state index in [0.717, 1.165) is 5.82 Å². The molecule has 0 bridgehead atoms. The summed E-state index contributed by atoms with van der Waals surface area (Å²) in [6, 6.07) is 7.77. The topological polar surface area (TPSA) is 35.9 Å². The van der Waals surface area contributed by atoms with Crippen LogP contribution in [0.15, 0.2) is 42.9 Å². The van der Waals surface area contributed by atoms with Gasteiger partial charge in [0.1, 0.15) is 5.82 Å². The van der Waals surface area contributed by atoms with Crippen LogP contribution in [0.3, 0.4) is 0 Å². The van der Waals surface area contributed by atoms with Crippen molar-refractivity contribution < 1.29 is 0 Å². The summed E-state index contributed by atoms with van der Waals surface area (Å²) in [6.07, 6.45) is 5.91. The zero-order valence-corrected chi connectivity index (χ0v) is 8.01. The Hall–Kier alpha value is -1.64. The van der Waals surface area contributed by atoms with Gasteiger partial charge in [0.05, 0.1) is 0 Å². The quantitative estimate of drug-likeness (QED) is 0.684. The first-order valence-corrected chi connectivity index (χ1v) is 4.14. The van der Waals surface area contributed by atoms with Crippen LogP contribution in [0.2, 0.25) is 0 Å². The van der Waals surface area contributed by atoms with Gasteiger partial charge in [-0.3, -0.25) is 0 Å². The van der Waals surface area contributed by atoms with Gasteiger partial charge in [0.2, 0.25) is 0 Å². The summed E-state index contributed by atoms with van der Waals surface area (Å²) in [6.45, 7) is 0. The van der Waals surface area contributed by atoms with Crippen molar-refractivity contribution in [3.8, 4) is 0 Å². The predicted molar refractivity (Wildman–Crippen MR) is 62.0 cm³/mol. The molecule has 0 fully saturated rings. The van der Waals surface area contributed by atoms with E-state index in [1.54, 1.807) is 0 Å². The van der Waals surface area contributed by atoms with Crippen LogP contribution < -0.4 is 5.73 Å². The third-order valence-electron chi connectivity index (χ3n) is 1.74. The normalized spacial score (nSPS) is 8.43. The number of rotatable bonds is 0. The third kappa shape index (κ3) is 3.85. The maximum absolute atomic E-state index is 5.40. The molecule has 78 valence electrons. The molecule has 3 nitrogen and oxygen atoms in total. The maximum atomic E-state index is 5.40. The van der Waals surface area contributed by atoms with E-state index < -0.39 is 0 Å². The number of hydrogen-bond donors (Lipinski definition) is 1. The Morgan fingerprint density at radius 3 is 1.71 bits per heavy atom.